The third kappa shape index (κ3) is 3.99. The SMILES string of the molecule is CC(C)(C)c1cc(CCC(=O)[O-])cc(C(C)(C)C)c1O. The molecule has 0 aliphatic rings. The van der Waals surface area contributed by atoms with Gasteiger partial charge in [0.15, 0.2) is 0 Å². The van der Waals surface area contributed by atoms with E-state index in [1.54, 1.807) is 0 Å². The van der Waals surface area contributed by atoms with Gasteiger partial charge in [-0.3, -0.25) is 0 Å². The summed E-state index contributed by atoms with van der Waals surface area (Å²) in [7, 11) is 0. The fourth-order valence-corrected chi connectivity index (χ4v) is 2.23. The van der Waals surface area contributed by atoms with Crippen molar-refractivity contribution in [2.45, 2.75) is 65.2 Å². The Labute approximate surface area is 121 Å². The first-order valence-corrected chi connectivity index (χ1v) is 6.99. The summed E-state index contributed by atoms with van der Waals surface area (Å²) in [4.78, 5) is 10.6. The highest BCUT2D eigenvalue weighted by Gasteiger charge is 2.26. The monoisotopic (exact) mass is 277 g/mol. The van der Waals surface area contributed by atoms with Crippen LogP contribution < -0.4 is 5.11 Å². The molecule has 1 rings (SSSR count). The van der Waals surface area contributed by atoms with Crippen LogP contribution in [0.3, 0.4) is 0 Å². The molecule has 1 aromatic rings. The Morgan fingerprint density at radius 2 is 1.45 bits per heavy atom. The van der Waals surface area contributed by atoms with Crippen LogP contribution in [0.2, 0.25) is 0 Å². The molecule has 0 saturated heterocycles. The molecule has 20 heavy (non-hydrogen) atoms. The maximum atomic E-state index is 10.6. The summed E-state index contributed by atoms with van der Waals surface area (Å²) in [5, 5.41) is 21.2. The number of hydrogen-bond donors (Lipinski definition) is 1. The number of phenolic OH excluding ortho intramolecular Hbond substituents is 1. The minimum atomic E-state index is -1.05. The lowest BCUT2D eigenvalue weighted by Gasteiger charge is -2.28. The second-order valence-corrected chi connectivity index (χ2v) is 7.41. The third-order valence-corrected chi connectivity index (χ3v) is 3.40. The summed E-state index contributed by atoms with van der Waals surface area (Å²) in [6, 6.07) is 3.82. The van der Waals surface area contributed by atoms with E-state index in [1.807, 2.05) is 53.7 Å². The van der Waals surface area contributed by atoms with Crippen molar-refractivity contribution < 1.29 is 15.0 Å². The summed E-state index contributed by atoms with van der Waals surface area (Å²) in [6.07, 6.45) is 0.423. The Bertz CT molecular complexity index is 467. The molecular formula is C17H25O3-. The number of carboxylic acids is 1. The molecule has 0 fully saturated rings. The van der Waals surface area contributed by atoms with Gasteiger partial charge < -0.3 is 15.0 Å². The first-order chi connectivity index (χ1) is 8.93. The van der Waals surface area contributed by atoms with E-state index in [9.17, 15) is 15.0 Å². The predicted octanol–water partition coefficient (Wildman–Crippen LogP) is 2.67. The molecule has 0 spiro atoms. The van der Waals surface area contributed by atoms with Crippen molar-refractivity contribution in [2.24, 2.45) is 0 Å². The van der Waals surface area contributed by atoms with Crippen LogP contribution >= 0.6 is 0 Å². The molecule has 0 aromatic heterocycles. The maximum Gasteiger partial charge on any atom is 0.123 e. The normalized spacial score (nSPS) is 12.5. The number of carbonyl (C=O) groups excluding carboxylic acids is 1. The van der Waals surface area contributed by atoms with Gasteiger partial charge in [-0.15, -0.1) is 0 Å². The zero-order chi connectivity index (χ0) is 15.7. The van der Waals surface area contributed by atoms with Crippen molar-refractivity contribution in [1.29, 1.82) is 0 Å². The van der Waals surface area contributed by atoms with Crippen LogP contribution in [-0.2, 0) is 22.0 Å². The van der Waals surface area contributed by atoms with Gasteiger partial charge in [0.1, 0.15) is 5.75 Å². The Kier molecular flexibility index (Phi) is 4.52. The van der Waals surface area contributed by atoms with Crippen LogP contribution in [0.5, 0.6) is 5.75 Å². The second kappa shape index (κ2) is 5.47. The standard InChI is InChI=1S/C17H26O3/c1-16(2,3)12-9-11(7-8-14(18)19)10-13(15(12)20)17(4,5)6/h9-10,20H,7-8H2,1-6H3,(H,18,19)/p-1. The number of benzene rings is 1. The molecule has 0 aliphatic carbocycles. The molecule has 0 unspecified atom stereocenters. The molecule has 0 radical (unpaired) electrons. The van der Waals surface area contributed by atoms with Crippen LogP contribution in [-0.4, -0.2) is 11.1 Å². The molecule has 3 heteroatoms. The molecule has 0 aliphatic heterocycles. The molecule has 0 bridgehead atoms. The molecule has 0 atom stereocenters. The molecule has 1 N–H and O–H groups in total. The van der Waals surface area contributed by atoms with E-state index in [-0.39, 0.29) is 17.3 Å². The van der Waals surface area contributed by atoms with Gasteiger partial charge in [0.05, 0.1) is 0 Å². The summed E-state index contributed by atoms with van der Waals surface area (Å²) < 4.78 is 0. The third-order valence-electron chi connectivity index (χ3n) is 3.40. The lowest BCUT2D eigenvalue weighted by molar-refractivity contribution is -0.305. The van der Waals surface area contributed by atoms with Crippen LogP contribution in [0.15, 0.2) is 12.1 Å². The number of phenols is 1. The van der Waals surface area contributed by atoms with Gasteiger partial charge in [0, 0.05) is 5.97 Å². The predicted molar refractivity (Wildman–Crippen MR) is 78.8 cm³/mol. The quantitative estimate of drug-likeness (QED) is 0.924. The fourth-order valence-electron chi connectivity index (χ4n) is 2.23. The lowest BCUT2D eigenvalue weighted by atomic mass is 9.78. The van der Waals surface area contributed by atoms with E-state index >= 15 is 0 Å². The van der Waals surface area contributed by atoms with Crippen molar-refractivity contribution in [2.75, 3.05) is 0 Å². The number of carbonyl (C=O) groups is 1. The van der Waals surface area contributed by atoms with Crippen LogP contribution in [0.4, 0.5) is 0 Å². The zero-order valence-corrected chi connectivity index (χ0v) is 13.3. The van der Waals surface area contributed by atoms with Gasteiger partial charge in [-0.2, -0.15) is 0 Å². The topological polar surface area (TPSA) is 60.4 Å². The van der Waals surface area contributed by atoms with Crippen molar-refractivity contribution in [3.05, 3.63) is 28.8 Å². The average Bonchev–Trinajstić information content (AvgIpc) is 2.24. The lowest BCUT2D eigenvalue weighted by Crippen LogP contribution is -2.23. The Hall–Kier alpha value is -1.51. The number of rotatable bonds is 3. The highest BCUT2D eigenvalue weighted by atomic mass is 16.4. The smallest absolute Gasteiger partial charge is 0.123 e. The molecule has 112 valence electrons. The van der Waals surface area contributed by atoms with E-state index in [4.69, 9.17) is 0 Å². The van der Waals surface area contributed by atoms with Crippen LogP contribution in [0.1, 0.15) is 64.7 Å². The highest BCUT2D eigenvalue weighted by molar-refractivity contribution is 5.64. The van der Waals surface area contributed by atoms with E-state index < -0.39 is 5.97 Å². The molecule has 3 nitrogen and oxygen atoms in total. The number of aryl methyl sites for hydroxylation is 1. The van der Waals surface area contributed by atoms with Crippen molar-refractivity contribution >= 4 is 5.97 Å². The highest BCUT2D eigenvalue weighted by Crippen LogP contribution is 2.39. The van der Waals surface area contributed by atoms with Crippen LogP contribution in [0.25, 0.3) is 0 Å². The average molecular weight is 277 g/mol. The Morgan fingerprint density at radius 1 is 1.05 bits per heavy atom. The van der Waals surface area contributed by atoms with Gasteiger partial charge in [-0.1, -0.05) is 53.7 Å². The zero-order valence-electron chi connectivity index (χ0n) is 13.3. The number of aliphatic carboxylic acids is 1. The number of carboxylic acid groups (broad SMARTS) is 1. The second-order valence-electron chi connectivity index (χ2n) is 7.41. The van der Waals surface area contributed by atoms with Gasteiger partial charge in [-0.05, 0) is 40.4 Å². The maximum absolute atomic E-state index is 10.6. The molecule has 1 aromatic carbocycles. The largest absolute Gasteiger partial charge is 0.550 e. The summed E-state index contributed by atoms with van der Waals surface area (Å²) in [5.74, 6) is -0.727. The minimum Gasteiger partial charge on any atom is -0.550 e. The molecule has 0 amide bonds. The van der Waals surface area contributed by atoms with Gasteiger partial charge in [0.2, 0.25) is 0 Å². The van der Waals surface area contributed by atoms with Crippen molar-refractivity contribution in [3.63, 3.8) is 0 Å². The summed E-state index contributed by atoms with van der Waals surface area (Å²) in [5.41, 5.74) is 2.27. The summed E-state index contributed by atoms with van der Waals surface area (Å²) in [6.45, 7) is 12.2. The first kappa shape index (κ1) is 16.5. The van der Waals surface area contributed by atoms with E-state index in [0.29, 0.717) is 12.2 Å². The molecule has 0 heterocycles. The van der Waals surface area contributed by atoms with Gasteiger partial charge >= 0.3 is 0 Å². The van der Waals surface area contributed by atoms with E-state index in [0.717, 1.165) is 16.7 Å². The molecular weight excluding hydrogens is 252 g/mol. The van der Waals surface area contributed by atoms with Crippen LogP contribution in [0, 0.1) is 0 Å². The number of hydrogen-bond acceptors (Lipinski definition) is 3. The Balaban J connectivity index is 3.38. The van der Waals surface area contributed by atoms with E-state index in [1.165, 1.54) is 0 Å². The fraction of sp³-hybridized carbons (Fsp3) is 0.588. The number of aromatic hydroxyl groups is 1. The van der Waals surface area contributed by atoms with E-state index in [2.05, 4.69) is 0 Å². The minimum absolute atomic E-state index is 0.00204. The Morgan fingerprint density at radius 3 is 1.75 bits per heavy atom. The molecule has 0 saturated carbocycles. The van der Waals surface area contributed by atoms with Crippen molar-refractivity contribution in [1.82, 2.24) is 0 Å². The van der Waals surface area contributed by atoms with Crippen molar-refractivity contribution in [3.8, 4) is 5.75 Å². The first-order valence-electron chi connectivity index (χ1n) is 6.99. The van der Waals surface area contributed by atoms with Gasteiger partial charge in [-0.25, -0.2) is 0 Å². The summed E-state index contributed by atoms with van der Waals surface area (Å²) >= 11 is 0. The van der Waals surface area contributed by atoms with Gasteiger partial charge in [0.25, 0.3) is 0 Å².